The predicted molar refractivity (Wildman–Crippen MR) is 216 cm³/mol. The van der Waals surface area contributed by atoms with Crippen LogP contribution in [0.1, 0.15) is 0 Å². The number of nitrogens with zero attached hydrogens (tertiary/aromatic N) is 1. The maximum absolute atomic E-state index is 2.51. The lowest BCUT2D eigenvalue weighted by molar-refractivity contribution is 1.19. The molecule has 0 N–H and O–H groups in total. The van der Waals surface area contributed by atoms with E-state index in [1.807, 2.05) is 11.3 Å². The fraction of sp³-hybridized carbons (Fsp3) is 0. The fourth-order valence-corrected chi connectivity index (χ4v) is 10.2. The lowest BCUT2D eigenvalue weighted by Crippen LogP contribution is -1.95. The SMILES string of the molecule is c1ccc2c(c1)-c1cccc3c(-c4ccc5cc(-n6c7ccccc7c7c8c9ccccc9sc8c8ccccc8c76)ccc5c4)ccc-2c13. The molecular formula is C48H27NS. The zero-order valence-electron chi connectivity index (χ0n) is 26.9. The van der Waals surface area contributed by atoms with Gasteiger partial charge in [0.2, 0.25) is 0 Å². The van der Waals surface area contributed by atoms with Crippen molar-refractivity contribution in [1.29, 1.82) is 0 Å². The van der Waals surface area contributed by atoms with Crippen LogP contribution in [0.2, 0.25) is 0 Å². The molecule has 9 aromatic carbocycles. The van der Waals surface area contributed by atoms with Crippen molar-refractivity contribution in [3.8, 4) is 39.1 Å². The van der Waals surface area contributed by atoms with Gasteiger partial charge in [-0.25, -0.2) is 0 Å². The van der Waals surface area contributed by atoms with E-state index in [0.717, 1.165) is 0 Å². The van der Waals surface area contributed by atoms with Crippen LogP contribution in [-0.4, -0.2) is 4.57 Å². The summed E-state index contributed by atoms with van der Waals surface area (Å²) in [6, 6.07) is 61.0. The third-order valence-electron chi connectivity index (χ3n) is 11.1. The van der Waals surface area contributed by atoms with Gasteiger partial charge in [0.15, 0.2) is 0 Å². The average molecular weight is 650 g/mol. The van der Waals surface area contributed by atoms with E-state index < -0.39 is 0 Å². The molecule has 0 bridgehead atoms. The Morgan fingerprint density at radius 3 is 1.90 bits per heavy atom. The summed E-state index contributed by atoms with van der Waals surface area (Å²) in [6.45, 7) is 0. The lowest BCUT2D eigenvalue weighted by atomic mass is 9.93. The number of hydrogen-bond acceptors (Lipinski definition) is 1. The molecule has 0 unspecified atom stereocenters. The minimum absolute atomic E-state index is 1.18. The van der Waals surface area contributed by atoms with Crippen molar-refractivity contribution in [3.05, 3.63) is 164 Å². The fourth-order valence-electron chi connectivity index (χ4n) is 8.99. The second-order valence-electron chi connectivity index (χ2n) is 13.6. The molecule has 11 aromatic rings. The van der Waals surface area contributed by atoms with Crippen LogP contribution in [0.4, 0.5) is 0 Å². The molecular weight excluding hydrogens is 623 g/mol. The number of aromatic nitrogens is 1. The quantitative estimate of drug-likeness (QED) is 0.176. The second kappa shape index (κ2) is 9.69. The van der Waals surface area contributed by atoms with Crippen molar-refractivity contribution in [3.63, 3.8) is 0 Å². The molecule has 230 valence electrons. The summed E-state index contributed by atoms with van der Waals surface area (Å²) in [5, 5.41) is 13.1. The molecule has 0 amide bonds. The van der Waals surface area contributed by atoms with Crippen LogP contribution in [0.5, 0.6) is 0 Å². The molecule has 0 fully saturated rings. The standard InChI is InChI=1S/C48H27NS/c1-2-11-34-33(10-1)36-17-9-16-35-32(24-25-37(34)44(35)36)30-21-20-29-27-31(23-22-28(29)26-30)49-42-18-7-5-14-40(42)45-46-41-15-6-8-19-43(41)50-48(46)39-13-4-3-12-38(39)47(45)49/h1-27H. The van der Waals surface area contributed by atoms with E-state index in [4.69, 9.17) is 0 Å². The zero-order chi connectivity index (χ0) is 32.5. The first-order valence-electron chi connectivity index (χ1n) is 17.3. The molecule has 2 aromatic heterocycles. The number of rotatable bonds is 2. The molecule has 2 heterocycles. The minimum Gasteiger partial charge on any atom is -0.309 e. The van der Waals surface area contributed by atoms with E-state index >= 15 is 0 Å². The van der Waals surface area contributed by atoms with Gasteiger partial charge in [-0.3, -0.25) is 0 Å². The van der Waals surface area contributed by atoms with E-state index in [2.05, 4.69) is 168 Å². The highest BCUT2D eigenvalue weighted by Gasteiger charge is 2.23. The van der Waals surface area contributed by atoms with Gasteiger partial charge < -0.3 is 4.57 Å². The van der Waals surface area contributed by atoms with Gasteiger partial charge >= 0.3 is 0 Å². The highest BCUT2D eigenvalue weighted by molar-refractivity contribution is 7.27. The zero-order valence-corrected chi connectivity index (χ0v) is 27.8. The molecule has 0 saturated carbocycles. The highest BCUT2D eigenvalue weighted by atomic mass is 32.1. The molecule has 1 aliphatic carbocycles. The van der Waals surface area contributed by atoms with Crippen LogP contribution in [0, 0.1) is 0 Å². The molecule has 1 aliphatic rings. The van der Waals surface area contributed by atoms with Crippen LogP contribution in [-0.2, 0) is 0 Å². The number of fused-ring (bicyclic) bond motifs is 14. The molecule has 0 atom stereocenters. The second-order valence-corrected chi connectivity index (χ2v) is 14.7. The van der Waals surface area contributed by atoms with Gasteiger partial charge in [-0.05, 0) is 85.3 Å². The van der Waals surface area contributed by atoms with Gasteiger partial charge in [0.05, 0.1) is 11.0 Å². The summed E-state index contributed by atoms with van der Waals surface area (Å²) in [5.74, 6) is 0. The first kappa shape index (κ1) is 26.7. The van der Waals surface area contributed by atoms with Gasteiger partial charge in [0.25, 0.3) is 0 Å². The van der Waals surface area contributed by atoms with E-state index in [-0.39, 0.29) is 0 Å². The van der Waals surface area contributed by atoms with Crippen LogP contribution in [0.15, 0.2) is 164 Å². The molecule has 12 rings (SSSR count). The van der Waals surface area contributed by atoms with E-state index in [0.29, 0.717) is 0 Å². The molecule has 0 saturated heterocycles. The van der Waals surface area contributed by atoms with E-state index in [1.54, 1.807) is 0 Å². The Hall–Kier alpha value is -6.22. The summed E-state index contributed by atoms with van der Waals surface area (Å²) < 4.78 is 5.21. The van der Waals surface area contributed by atoms with Crippen molar-refractivity contribution in [2.45, 2.75) is 0 Å². The van der Waals surface area contributed by atoms with E-state index in [1.165, 1.54) is 113 Å². The third-order valence-corrected chi connectivity index (χ3v) is 12.3. The highest BCUT2D eigenvalue weighted by Crippen LogP contribution is 2.50. The van der Waals surface area contributed by atoms with Crippen molar-refractivity contribution < 1.29 is 0 Å². The normalized spacial score (nSPS) is 12.4. The largest absolute Gasteiger partial charge is 0.309 e. The first-order chi connectivity index (χ1) is 24.8. The van der Waals surface area contributed by atoms with E-state index in [9.17, 15) is 0 Å². The molecule has 2 heteroatoms. The molecule has 0 aliphatic heterocycles. The summed E-state index contributed by atoms with van der Waals surface area (Å²) in [6.07, 6.45) is 0. The number of para-hydroxylation sites is 1. The van der Waals surface area contributed by atoms with Crippen LogP contribution in [0.3, 0.4) is 0 Å². The smallest absolute Gasteiger partial charge is 0.0626 e. The molecule has 1 nitrogen and oxygen atoms in total. The lowest BCUT2D eigenvalue weighted by Gasteiger charge is -2.13. The van der Waals surface area contributed by atoms with Crippen LogP contribution < -0.4 is 0 Å². The molecule has 50 heavy (non-hydrogen) atoms. The summed E-state index contributed by atoms with van der Waals surface area (Å²) in [7, 11) is 0. The Morgan fingerprint density at radius 1 is 0.380 bits per heavy atom. The van der Waals surface area contributed by atoms with Gasteiger partial charge in [0, 0.05) is 47.4 Å². The maximum Gasteiger partial charge on any atom is 0.0626 e. The monoisotopic (exact) mass is 649 g/mol. The van der Waals surface area contributed by atoms with Crippen molar-refractivity contribution in [2.24, 2.45) is 0 Å². The third kappa shape index (κ3) is 3.41. The Morgan fingerprint density at radius 2 is 1.02 bits per heavy atom. The number of thiophene rings is 1. The van der Waals surface area contributed by atoms with Crippen molar-refractivity contribution in [1.82, 2.24) is 4.57 Å². The number of benzene rings is 9. The molecule has 0 radical (unpaired) electrons. The van der Waals surface area contributed by atoms with Crippen molar-refractivity contribution in [2.75, 3.05) is 0 Å². The van der Waals surface area contributed by atoms with Gasteiger partial charge in [-0.15, -0.1) is 11.3 Å². The first-order valence-corrected chi connectivity index (χ1v) is 18.1. The van der Waals surface area contributed by atoms with Gasteiger partial charge in [-0.1, -0.05) is 133 Å². The summed E-state index contributed by atoms with van der Waals surface area (Å²) in [4.78, 5) is 0. The molecule has 0 spiro atoms. The Labute approximate surface area is 291 Å². The van der Waals surface area contributed by atoms with Gasteiger partial charge in [-0.2, -0.15) is 0 Å². The Bertz CT molecular complexity index is 3240. The maximum atomic E-state index is 2.51. The Balaban J connectivity index is 1.09. The van der Waals surface area contributed by atoms with Crippen LogP contribution in [0.25, 0.3) is 113 Å². The summed E-state index contributed by atoms with van der Waals surface area (Å²) in [5.41, 5.74) is 11.6. The van der Waals surface area contributed by atoms with Gasteiger partial charge in [0.1, 0.15) is 0 Å². The average Bonchev–Trinajstić information content (AvgIpc) is 3.84. The minimum atomic E-state index is 1.18. The Kier molecular flexibility index (Phi) is 5.18. The number of hydrogen-bond donors (Lipinski definition) is 0. The van der Waals surface area contributed by atoms with Crippen molar-refractivity contribution >= 4 is 85.6 Å². The van der Waals surface area contributed by atoms with Crippen LogP contribution >= 0.6 is 11.3 Å². The predicted octanol–water partition coefficient (Wildman–Crippen LogP) is 13.9. The topological polar surface area (TPSA) is 4.93 Å². The summed E-state index contributed by atoms with van der Waals surface area (Å²) >= 11 is 1.91.